The number of aliphatic hydroxyl groups is 7. The second-order valence-corrected chi connectivity index (χ2v) is 18.3. The highest BCUT2D eigenvalue weighted by Gasteiger charge is 2.47. The number of carbonyl (C=O) groups excluding carboxylic acids is 2. The van der Waals surface area contributed by atoms with Crippen molar-refractivity contribution in [3.8, 4) is 0 Å². The summed E-state index contributed by atoms with van der Waals surface area (Å²) in [6, 6.07) is 0. The molecule has 4 unspecified atom stereocenters. The van der Waals surface area contributed by atoms with Crippen molar-refractivity contribution in [3.05, 3.63) is 122 Å². The number of hydrogen-bond acceptors (Lipinski definition) is 15. The molecule has 0 aromatic rings. The quantitative estimate of drug-likeness (QED) is 0.0173. The fourth-order valence-corrected chi connectivity index (χ4v) is 7.52. The third kappa shape index (κ3) is 31.1. The van der Waals surface area contributed by atoms with Crippen LogP contribution in [0.1, 0.15) is 142 Å². The molecule has 15 nitrogen and oxygen atoms in total. The molecular formula is C59H92O15. The molecule has 2 saturated heterocycles. The number of allylic oxidation sites excluding steroid dienone is 20. The van der Waals surface area contributed by atoms with Gasteiger partial charge in [-0.25, -0.2) is 0 Å². The maximum absolute atomic E-state index is 13.0. The van der Waals surface area contributed by atoms with Crippen molar-refractivity contribution in [1.82, 2.24) is 0 Å². The van der Waals surface area contributed by atoms with Crippen molar-refractivity contribution in [2.24, 2.45) is 0 Å². The maximum Gasteiger partial charge on any atom is 0.306 e. The topological polar surface area (TPSA) is 231 Å². The minimum Gasteiger partial charge on any atom is -0.462 e. The fourth-order valence-electron chi connectivity index (χ4n) is 7.52. The molecule has 2 aliphatic rings. The van der Waals surface area contributed by atoms with E-state index in [4.69, 9.17) is 28.4 Å². The van der Waals surface area contributed by atoms with Gasteiger partial charge in [-0.3, -0.25) is 9.59 Å². The predicted molar refractivity (Wildman–Crippen MR) is 288 cm³/mol. The van der Waals surface area contributed by atoms with Gasteiger partial charge in [0.15, 0.2) is 18.7 Å². The lowest BCUT2D eigenvalue weighted by Gasteiger charge is -2.42. The van der Waals surface area contributed by atoms with Crippen LogP contribution >= 0.6 is 0 Å². The molecule has 0 amide bonds. The zero-order valence-electron chi connectivity index (χ0n) is 44.3. The van der Waals surface area contributed by atoms with E-state index in [1.807, 2.05) is 18.2 Å². The van der Waals surface area contributed by atoms with E-state index in [1.54, 1.807) is 0 Å². The molecular weight excluding hydrogens is 949 g/mol. The molecule has 418 valence electrons. The van der Waals surface area contributed by atoms with Gasteiger partial charge in [0.1, 0.15) is 55.4 Å². The summed E-state index contributed by atoms with van der Waals surface area (Å²) in [5.74, 6) is -1.07. The number of rotatable bonds is 40. The second-order valence-electron chi connectivity index (χ2n) is 18.3. The highest BCUT2D eigenvalue weighted by molar-refractivity contribution is 5.70. The monoisotopic (exact) mass is 1040 g/mol. The first-order chi connectivity index (χ1) is 36.0. The lowest BCUT2D eigenvalue weighted by molar-refractivity contribution is -0.332. The average molecular weight is 1040 g/mol. The predicted octanol–water partition coefficient (Wildman–Crippen LogP) is 8.49. The molecule has 2 rings (SSSR count). The number of unbranched alkanes of at least 4 members (excludes halogenated alkanes) is 6. The first-order valence-electron chi connectivity index (χ1n) is 27.1. The zero-order valence-corrected chi connectivity index (χ0v) is 44.3. The Balaban J connectivity index is 1.85. The highest BCUT2D eigenvalue weighted by atomic mass is 16.7. The Morgan fingerprint density at radius 1 is 0.446 bits per heavy atom. The van der Waals surface area contributed by atoms with Crippen molar-refractivity contribution >= 4 is 11.9 Å². The Labute approximate surface area is 442 Å². The first-order valence-corrected chi connectivity index (χ1v) is 27.1. The van der Waals surface area contributed by atoms with Crippen molar-refractivity contribution in [2.75, 3.05) is 26.4 Å². The number of carbonyl (C=O) groups is 2. The van der Waals surface area contributed by atoms with Crippen LogP contribution in [0, 0.1) is 0 Å². The Hall–Kier alpha value is -4.10. The minimum atomic E-state index is -1.79. The molecule has 0 spiro atoms. The standard InChI is InChI=1S/C59H92O15/c1-3-5-7-9-11-13-15-17-19-21-23-25-27-29-31-33-35-37-39-41-50(61)69-44-47(72-51(62)42-40-38-36-34-32-30-28-26-24-22-20-18-16-14-12-10-8-6-4-2)45-70-58-57(68)55(66)53(64)49(74-58)46-71-59-56(67)54(65)52(63)48(43-60)73-59/h6,8,11-14,17-20,23-26,29-32,36,38,47-49,52-60,63-68H,3-5,7,9-10,15-16,21-22,27-28,33-35,37,39-46H2,1-2H3/b8-6+,13-11+,14-12+,19-17+,20-18+,25-23+,26-24+,31-29+,32-30+,38-36+/t47-,48+,49+,52-,53-,54?,55?,56?,57?,58+,59+/m0/s1. The van der Waals surface area contributed by atoms with Crippen molar-refractivity contribution in [1.29, 1.82) is 0 Å². The zero-order chi connectivity index (χ0) is 53.9. The largest absolute Gasteiger partial charge is 0.462 e. The van der Waals surface area contributed by atoms with Crippen LogP contribution in [0.3, 0.4) is 0 Å². The fraction of sp³-hybridized carbons (Fsp3) is 0.627. The summed E-state index contributed by atoms with van der Waals surface area (Å²) in [6.45, 7) is 2.31. The smallest absolute Gasteiger partial charge is 0.306 e. The highest BCUT2D eigenvalue weighted by Crippen LogP contribution is 2.26. The summed E-state index contributed by atoms with van der Waals surface area (Å²) < 4.78 is 33.5. The van der Waals surface area contributed by atoms with Gasteiger partial charge in [0.2, 0.25) is 0 Å². The SMILES string of the molecule is CC/C=C/C/C=C/C/C=C/C/C=C/C/C=C/C/C=C/CCC(=O)O[C@@H](COC(=O)CCCCC/C=C/C/C=C/C/C=C/C/C=C/CCCCC)CO[C@@H]1O[C@H](CO[C@@H]2O[C@H](CO)[C@H](O)C(O)C2O)[C@H](O)C(O)C1O. The second kappa shape index (κ2) is 44.1. The summed E-state index contributed by atoms with van der Waals surface area (Å²) in [4.78, 5) is 25.8. The molecule has 7 N–H and O–H groups in total. The average Bonchev–Trinajstić information content (AvgIpc) is 3.39. The van der Waals surface area contributed by atoms with Gasteiger partial charge >= 0.3 is 11.9 Å². The van der Waals surface area contributed by atoms with E-state index in [2.05, 4.69) is 117 Å². The van der Waals surface area contributed by atoms with E-state index in [-0.39, 0.29) is 19.4 Å². The lowest BCUT2D eigenvalue weighted by atomic mass is 9.98. The van der Waals surface area contributed by atoms with E-state index in [0.29, 0.717) is 19.3 Å². The van der Waals surface area contributed by atoms with Crippen LogP contribution in [0.4, 0.5) is 0 Å². The Kier molecular flexibility index (Phi) is 39.3. The van der Waals surface area contributed by atoms with Gasteiger partial charge < -0.3 is 64.2 Å². The van der Waals surface area contributed by atoms with Crippen molar-refractivity contribution in [3.63, 3.8) is 0 Å². The van der Waals surface area contributed by atoms with Crippen LogP contribution in [0.25, 0.3) is 0 Å². The normalized spacial score (nSPS) is 25.6. The van der Waals surface area contributed by atoms with Gasteiger partial charge in [-0.2, -0.15) is 0 Å². The molecule has 0 bridgehead atoms. The molecule has 0 saturated carbocycles. The summed E-state index contributed by atoms with van der Waals surface area (Å²) in [6.07, 6.45) is 42.3. The van der Waals surface area contributed by atoms with E-state index >= 15 is 0 Å². The maximum atomic E-state index is 13.0. The number of hydrogen-bond donors (Lipinski definition) is 7. The molecule has 2 heterocycles. The van der Waals surface area contributed by atoms with Crippen LogP contribution in [0.2, 0.25) is 0 Å². The minimum absolute atomic E-state index is 0.0247. The van der Waals surface area contributed by atoms with Gasteiger partial charge in [0, 0.05) is 12.8 Å². The van der Waals surface area contributed by atoms with Crippen LogP contribution in [-0.2, 0) is 38.0 Å². The van der Waals surface area contributed by atoms with Crippen LogP contribution in [0.15, 0.2) is 122 Å². The molecule has 2 aliphatic heterocycles. The van der Waals surface area contributed by atoms with E-state index in [9.17, 15) is 45.3 Å². The first kappa shape index (κ1) is 66.0. The van der Waals surface area contributed by atoms with Gasteiger partial charge in [-0.15, -0.1) is 0 Å². The molecule has 0 aromatic heterocycles. The summed E-state index contributed by atoms with van der Waals surface area (Å²) >= 11 is 0. The number of ether oxygens (including phenoxy) is 6. The van der Waals surface area contributed by atoms with Gasteiger partial charge in [0.05, 0.1) is 19.8 Å². The van der Waals surface area contributed by atoms with Gasteiger partial charge in [-0.1, -0.05) is 155 Å². The Morgan fingerprint density at radius 2 is 0.878 bits per heavy atom. The number of aliphatic hydroxyl groups excluding tert-OH is 7. The summed E-state index contributed by atoms with van der Waals surface area (Å²) in [5.41, 5.74) is 0. The van der Waals surface area contributed by atoms with Crippen LogP contribution in [0.5, 0.6) is 0 Å². The lowest BCUT2D eigenvalue weighted by Crippen LogP contribution is -2.61. The number of esters is 2. The third-order valence-corrected chi connectivity index (χ3v) is 11.9. The van der Waals surface area contributed by atoms with Gasteiger partial charge in [0.25, 0.3) is 0 Å². The van der Waals surface area contributed by atoms with Crippen LogP contribution < -0.4 is 0 Å². The van der Waals surface area contributed by atoms with E-state index in [1.165, 1.54) is 19.3 Å². The van der Waals surface area contributed by atoms with Gasteiger partial charge in [-0.05, 0) is 96.3 Å². The Morgan fingerprint density at radius 3 is 1.36 bits per heavy atom. The van der Waals surface area contributed by atoms with E-state index in [0.717, 1.165) is 77.0 Å². The van der Waals surface area contributed by atoms with E-state index < -0.39 is 99.3 Å². The molecule has 2 fully saturated rings. The molecule has 0 radical (unpaired) electrons. The molecule has 74 heavy (non-hydrogen) atoms. The Bertz CT molecular complexity index is 1750. The third-order valence-electron chi connectivity index (χ3n) is 11.9. The molecule has 0 aromatic carbocycles. The summed E-state index contributed by atoms with van der Waals surface area (Å²) in [7, 11) is 0. The molecule has 15 heteroatoms. The molecule has 11 atom stereocenters. The summed E-state index contributed by atoms with van der Waals surface area (Å²) in [5, 5.41) is 72.2. The van der Waals surface area contributed by atoms with Crippen LogP contribution in [-0.4, -0.2) is 142 Å². The van der Waals surface area contributed by atoms with Crippen molar-refractivity contribution in [2.45, 2.75) is 210 Å². The molecule has 0 aliphatic carbocycles. The van der Waals surface area contributed by atoms with Crippen molar-refractivity contribution < 1.29 is 73.8 Å².